The van der Waals surface area contributed by atoms with E-state index in [4.69, 9.17) is 21.6 Å². The lowest BCUT2D eigenvalue weighted by molar-refractivity contribution is 0.102. The zero-order chi connectivity index (χ0) is 15.4. The van der Waals surface area contributed by atoms with E-state index in [9.17, 15) is 9.90 Å². The number of hydrogen-bond acceptors (Lipinski definition) is 4. The van der Waals surface area contributed by atoms with Gasteiger partial charge in [-0.15, -0.1) is 0 Å². The summed E-state index contributed by atoms with van der Waals surface area (Å²) in [7, 11) is 1.42. The number of amides is 1. The number of phenols is 1. The van der Waals surface area contributed by atoms with Gasteiger partial charge in [0, 0.05) is 5.56 Å². The fourth-order valence-corrected chi connectivity index (χ4v) is 1.88. The molecule has 5 nitrogen and oxygen atoms in total. The van der Waals surface area contributed by atoms with Crippen LogP contribution in [0.5, 0.6) is 11.5 Å². The average Bonchev–Trinajstić information content (AvgIpc) is 2.49. The van der Waals surface area contributed by atoms with Crippen molar-refractivity contribution in [2.45, 2.75) is 0 Å². The molecule has 0 aliphatic carbocycles. The van der Waals surface area contributed by atoms with Crippen LogP contribution in [0.25, 0.3) is 0 Å². The molecule has 2 aromatic carbocycles. The predicted molar refractivity (Wildman–Crippen MR) is 78.8 cm³/mol. The summed E-state index contributed by atoms with van der Waals surface area (Å²) in [4.78, 5) is 12.1. The Bertz CT molecular complexity index is 738. The largest absolute Gasteiger partial charge is 0.504 e. The van der Waals surface area contributed by atoms with E-state index < -0.39 is 5.91 Å². The molecule has 2 rings (SSSR count). The van der Waals surface area contributed by atoms with Crippen molar-refractivity contribution in [3.8, 4) is 17.6 Å². The third-order valence-corrected chi connectivity index (χ3v) is 3.11. The Morgan fingerprint density at radius 3 is 2.71 bits per heavy atom. The molecule has 0 spiro atoms. The highest BCUT2D eigenvalue weighted by molar-refractivity contribution is 6.34. The lowest BCUT2D eigenvalue weighted by Crippen LogP contribution is -2.12. The van der Waals surface area contributed by atoms with Crippen LogP contribution in [0.15, 0.2) is 36.4 Å². The summed E-state index contributed by atoms with van der Waals surface area (Å²) in [5.74, 6) is -0.317. The number of hydrogen-bond donors (Lipinski definition) is 2. The Kier molecular flexibility index (Phi) is 4.31. The Labute approximate surface area is 126 Å². The van der Waals surface area contributed by atoms with Crippen LogP contribution in [0.4, 0.5) is 5.69 Å². The number of methoxy groups -OCH3 is 1. The number of aromatic hydroxyl groups is 1. The third kappa shape index (κ3) is 3.25. The number of carbonyl (C=O) groups is 1. The van der Waals surface area contributed by atoms with Gasteiger partial charge < -0.3 is 15.2 Å². The zero-order valence-corrected chi connectivity index (χ0v) is 11.8. The maximum atomic E-state index is 12.1. The summed E-state index contributed by atoms with van der Waals surface area (Å²) in [6, 6.07) is 10.8. The van der Waals surface area contributed by atoms with Gasteiger partial charge in [0.2, 0.25) is 0 Å². The van der Waals surface area contributed by atoms with Crippen molar-refractivity contribution in [1.82, 2.24) is 0 Å². The summed E-state index contributed by atoms with van der Waals surface area (Å²) in [5.41, 5.74) is 0.954. The normalized spacial score (nSPS) is 9.76. The smallest absolute Gasteiger partial charge is 0.255 e. The Hall–Kier alpha value is -2.71. The molecule has 0 heterocycles. The summed E-state index contributed by atoms with van der Waals surface area (Å²) in [5, 5.41) is 21.4. The molecule has 0 bridgehead atoms. The molecule has 0 aromatic heterocycles. The van der Waals surface area contributed by atoms with Crippen molar-refractivity contribution in [2.75, 3.05) is 12.4 Å². The van der Waals surface area contributed by atoms with E-state index in [1.54, 1.807) is 6.07 Å². The quantitative estimate of drug-likeness (QED) is 0.912. The Morgan fingerprint density at radius 2 is 2.10 bits per heavy atom. The maximum Gasteiger partial charge on any atom is 0.255 e. The van der Waals surface area contributed by atoms with Gasteiger partial charge in [0.25, 0.3) is 5.91 Å². The molecule has 6 heteroatoms. The van der Waals surface area contributed by atoms with Crippen LogP contribution in [0.3, 0.4) is 0 Å². The van der Waals surface area contributed by atoms with Gasteiger partial charge in [0.05, 0.1) is 29.5 Å². The van der Waals surface area contributed by atoms with Crippen molar-refractivity contribution >= 4 is 23.2 Å². The second-order valence-corrected chi connectivity index (χ2v) is 4.55. The van der Waals surface area contributed by atoms with Crippen LogP contribution < -0.4 is 10.1 Å². The minimum Gasteiger partial charge on any atom is -0.504 e. The number of nitrogens with one attached hydrogen (secondary N) is 1. The number of phenolic OH excluding ortho intramolecular Hbond substituents is 1. The zero-order valence-electron chi connectivity index (χ0n) is 11.1. The monoisotopic (exact) mass is 302 g/mol. The number of benzene rings is 2. The molecule has 0 fully saturated rings. The molecule has 0 saturated heterocycles. The van der Waals surface area contributed by atoms with E-state index in [-0.39, 0.29) is 17.1 Å². The fraction of sp³-hybridized carbons (Fsp3) is 0.0667. The van der Waals surface area contributed by atoms with Crippen LogP contribution in [0.2, 0.25) is 5.02 Å². The van der Waals surface area contributed by atoms with Gasteiger partial charge in [-0.25, -0.2) is 0 Å². The summed E-state index contributed by atoms with van der Waals surface area (Å²) < 4.78 is 4.91. The molecule has 21 heavy (non-hydrogen) atoms. The molecule has 0 radical (unpaired) electrons. The fourth-order valence-electron chi connectivity index (χ4n) is 1.72. The van der Waals surface area contributed by atoms with Crippen LogP contribution in [0, 0.1) is 11.3 Å². The molecule has 0 unspecified atom stereocenters. The lowest BCUT2D eigenvalue weighted by Gasteiger charge is -2.09. The number of carbonyl (C=O) groups excluding carboxylic acids is 1. The van der Waals surface area contributed by atoms with Crippen molar-refractivity contribution < 1.29 is 14.6 Å². The van der Waals surface area contributed by atoms with E-state index in [1.165, 1.54) is 37.4 Å². The molecule has 0 aliphatic heterocycles. The van der Waals surface area contributed by atoms with Crippen LogP contribution in [-0.2, 0) is 0 Å². The van der Waals surface area contributed by atoms with E-state index in [1.807, 2.05) is 6.07 Å². The van der Waals surface area contributed by atoms with Gasteiger partial charge in [-0.05, 0) is 36.4 Å². The Balaban J connectivity index is 2.26. The first-order valence-electron chi connectivity index (χ1n) is 5.93. The van der Waals surface area contributed by atoms with E-state index in [0.29, 0.717) is 16.3 Å². The van der Waals surface area contributed by atoms with Crippen molar-refractivity contribution in [2.24, 2.45) is 0 Å². The number of ether oxygens (including phenoxy) is 1. The van der Waals surface area contributed by atoms with Gasteiger partial charge in [0.1, 0.15) is 0 Å². The summed E-state index contributed by atoms with van der Waals surface area (Å²) >= 11 is 5.97. The molecule has 1 amide bonds. The molecule has 0 atom stereocenters. The van der Waals surface area contributed by atoms with Crippen molar-refractivity contribution in [3.63, 3.8) is 0 Å². The highest BCUT2D eigenvalue weighted by Gasteiger charge is 2.12. The van der Waals surface area contributed by atoms with E-state index in [0.717, 1.165) is 0 Å². The molecule has 0 saturated carbocycles. The second kappa shape index (κ2) is 6.16. The van der Waals surface area contributed by atoms with Gasteiger partial charge in [-0.3, -0.25) is 4.79 Å². The topological polar surface area (TPSA) is 82.3 Å². The molecule has 106 valence electrons. The van der Waals surface area contributed by atoms with Crippen LogP contribution in [-0.4, -0.2) is 18.1 Å². The number of nitrogens with zero attached hydrogens (tertiary/aromatic N) is 1. The summed E-state index contributed by atoms with van der Waals surface area (Å²) in [6.07, 6.45) is 0. The Morgan fingerprint density at radius 1 is 1.33 bits per heavy atom. The summed E-state index contributed by atoms with van der Waals surface area (Å²) in [6.45, 7) is 0. The van der Waals surface area contributed by atoms with E-state index in [2.05, 4.69) is 5.32 Å². The maximum absolute atomic E-state index is 12.1. The van der Waals surface area contributed by atoms with Crippen molar-refractivity contribution in [3.05, 3.63) is 52.5 Å². The SMILES string of the molecule is COc1ccc(C(=O)Nc2cc(C#N)ccc2Cl)cc1O. The molecule has 0 aliphatic rings. The van der Waals surface area contributed by atoms with E-state index >= 15 is 0 Å². The lowest BCUT2D eigenvalue weighted by atomic mass is 10.1. The van der Waals surface area contributed by atoms with Crippen LogP contribution in [0.1, 0.15) is 15.9 Å². The molecular formula is C15H11ClN2O3. The second-order valence-electron chi connectivity index (χ2n) is 4.15. The highest BCUT2D eigenvalue weighted by atomic mass is 35.5. The predicted octanol–water partition coefficient (Wildman–Crippen LogP) is 3.18. The number of anilines is 1. The molecule has 2 aromatic rings. The molecule has 2 N–H and O–H groups in total. The number of rotatable bonds is 3. The first-order valence-corrected chi connectivity index (χ1v) is 6.31. The minimum atomic E-state index is -0.454. The minimum absolute atomic E-state index is 0.137. The third-order valence-electron chi connectivity index (χ3n) is 2.78. The average molecular weight is 303 g/mol. The van der Waals surface area contributed by atoms with Gasteiger partial charge in [-0.2, -0.15) is 5.26 Å². The number of nitriles is 1. The first kappa shape index (κ1) is 14.7. The van der Waals surface area contributed by atoms with Gasteiger partial charge >= 0.3 is 0 Å². The van der Waals surface area contributed by atoms with Gasteiger partial charge in [-0.1, -0.05) is 11.6 Å². The van der Waals surface area contributed by atoms with Gasteiger partial charge in [0.15, 0.2) is 11.5 Å². The number of halogens is 1. The molecular weight excluding hydrogens is 292 g/mol. The van der Waals surface area contributed by atoms with Crippen LogP contribution >= 0.6 is 11.6 Å². The van der Waals surface area contributed by atoms with Crippen molar-refractivity contribution in [1.29, 1.82) is 5.26 Å². The standard InChI is InChI=1S/C15H11ClN2O3/c1-21-14-5-3-10(7-13(14)19)15(20)18-12-6-9(8-17)2-4-11(12)16/h2-7,19H,1H3,(H,18,20). The first-order chi connectivity index (χ1) is 10.0. The highest BCUT2D eigenvalue weighted by Crippen LogP contribution is 2.28.